The molecule has 0 radical (unpaired) electrons. The lowest BCUT2D eigenvalue weighted by Crippen LogP contribution is -2.05. The molecule has 0 aliphatic rings. The van der Waals surface area contributed by atoms with Crippen molar-refractivity contribution in [1.82, 2.24) is 13.7 Å². The number of para-hydroxylation sites is 4. The molecule has 0 unspecified atom stereocenters. The first kappa shape index (κ1) is 29.2. The Kier molecular flexibility index (Phi) is 6.02. The van der Waals surface area contributed by atoms with Crippen LogP contribution in [-0.4, -0.2) is 13.7 Å². The Labute approximate surface area is 303 Å². The van der Waals surface area contributed by atoms with Crippen LogP contribution in [0.25, 0.3) is 93.3 Å². The molecule has 0 N–H and O–H groups in total. The predicted octanol–water partition coefficient (Wildman–Crippen LogP) is 11.9. The van der Waals surface area contributed by atoms with Crippen molar-refractivity contribution in [1.29, 1.82) is 10.5 Å². The van der Waals surface area contributed by atoms with Gasteiger partial charge in [0.05, 0.1) is 55.6 Å². The van der Waals surface area contributed by atoms with Gasteiger partial charge in [-0.2, -0.15) is 10.5 Å². The van der Waals surface area contributed by atoms with Crippen molar-refractivity contribution in [3.63, 3.8) is 0 Å². The summed E-state index contributed by atoms with van der Waals surface area (Å²) in [5.74, 6) is 0. The average Bonchev–Trinajstić information content (AvgIpc) is 3.86. The summed E-state index contributed by atoms with van der Waals surface area (Å²) in [6.07, 6.45) is 0. The zero-order valence-corrected chi connectivity index (χ0v) is 28.3. The van der Waals surface area contributed by atoms with Crippen molar-refractivity contribution < 1.29 is 0 Å². The summed E-state index contributed by atoms with van der Waals surface area (Å²) in [4.78, 5) is 0. The number of rotatable bonds is 3. The number of hydrogen-bond acceptors (Lipinski definition) is 2. The molecule has 11 aromatic rings. The first-order valence-corrected chi connectivity index (χ1v) is 17.6. The van der Waals surface area contributed by atoms with E-state index in [1.807, 2.05) is 12.1 Å². The molecule has 5 heteroatoms. The largest absolute Gasteiger partial charge is 0.309 e. The lowest BCUT2D eigenvalue weighted by molar-refractivity contribution is 1.09. The molecule has 53 heavy (non-hydrogen) atoms. The van der Waals surface area contributed by atoms with Crippen LogP contribution in [0.4, 0.5) is 0 Å². The van der Waals surface area contributed by atoms with Crippen molar-refractivity contribution in [2.24, 2.45) is 0 Å². The van der Waals surface area contributed by atoms with Gasteiger partial charge in [-0.25, -0.2) is 0 Å². The molecule has 0 saturated heterocycles. The third-order valence-corrected chi connectivity index (χ3v) is 10.9. The molecule has 0 saturated carbocycles. The van der Waals surface area contributed by atoms with Gasteiger partial charge in [0.25, 0.3) is 0 Å². The van der Waals surface area contributed by atoms with Gasteiger partial charge in [0, 0.05) is 38.0 Å². The molecular formula is C48H27N5. The summed E-state index contributed by atoms with van der Waals surface area (Å²) >= 11 is 0. The summed E-state index contributed by atoms with van der Waals surface area (Å²) in [5, 5.41) is 30.0. The highest BCUT2D eigenvalue weighted by atomic mass is 15.1. The second-order valence-electron chi connectivity index (χ2n) is 13.6. The van der Waals surface area contributed by atoms with Gasteiger partial charge < -0.3 is 13.7 Å². The predicted molar refractivity (Wildman–Crippen MR) is 216 cm³/mol. The fourth-order valence-corrected chi connectivity index (χ4v) is 8.68. The molecule has 3 heterocycles. The van der Waals surface area contributed by atoms with Crippen LogP contribution in [0, 0.1) is 22.7 Å². The van der Waals surface area contributed by atoms with Gasteiger partial charge in [-0.1, -0.05) is 103 Å². The van der Waals surface area contributed by atoms with Crippen LogP contribution in [0.1, 0.15) is 11.1 Å². The van der Waals surface area contributed by atoms with Gasteiger partial charge in [0.2, 0.25) is 0 Å². The van der Waals surface area contributed by atoms with E-state index in [1.54, 1.807) is 0 Å². The molecule has 0 aliphatic heterocycles. The molecule has 0 aliphatic carbocycles. The SMILES string of the molecule is N#Cc1cc(-n2c3ccccc3c3ccccc32)c(-n2c3ccc(-n4c5ccccc5c5ccccc54)cc3c3c4ccccc4ccc32)cc1C#N. The maximum absolute atomic E-state index is 10.4. The molecule has 0 atom stereocenters. The quantitative estimate of drug-likeness (QED) is 0.187. The first-order chi connectivity index (χ1) is 26.2. The Morgan fingerprint density at radius 2 is 0.755 bits per heavy atom. The van der Waals surface area contributed by atoms with E-state index in [0.29, 0.717) is 11.1 Å². The first-order valence-electron chi connectivity index (χ1n) is 17.6. The Morgan fingerprint density at radius 3 is 1.28 bits per heavy atom. The Bertz CT molecular complexity index is 3320. The molecule has 3 aromatic heterocycles. The van der Waals surface area contributed by atoms with E-state index >= 15 is 0 Å². The minimum absolute atomic E-state index is 0.338. The third kappa shape index (κ3) is 3.99. The lowest BCUT2D eigenvalue weighted by Gasteiger charge is -2.18. The van der Waals surface area contributed by atoms with Gasteiger partial charge in [-0.3, -0.25) is 0 Å². The number of aromatic nitrogens is 3. The third-order valence-electron chi connectivity index (χ3n) is 10.9. The second-order valence-corrected chi connectivity index (χ2v) is 13.6. The molecule has 0 spiro atoms. The van der Waals surface area contributed by atoms with Crippen LogP contribution < -0.4 is 0 Å². The van der Waals surface area contributed by atoms with E-state index in [0.717, 1.165) is 82.5 Å². The van der Waals surface area contributed by atoms with Gasteiger partial charge >= 0.3 is 0 Å². The van der Waals surface area contributed by atoms with Crippen molar-refractivity contribution in [3.8, 4) is 29.2 Å². The Balaban J connectivity index is 1.30. The van der Waals surface area contributed by atoms with E-state index in [9.17, 15) is 10.5 Å². The average molecular weight is 674 g/mol. The molecular weight excluding hydrogens is 647 g/mol. The van der Waals surface area contributed by atoms with Gasteiger partial charge in [0.15, 0.2) is 0 Å². The second kappa shape index (κ2) is 10.9. The van der Waals surface area contributed by atoms with Crippen molar-refractivity contribution in [3.05, 3.63) is 175 Å². The molecule has 244 valence electrons. The fraction of sp³-hybridized carbons (Fsp3) is 0. The normalized spacial score (nSPS) is 11.7. The van der Waals surface area contributed by atoms with E-state index in [1.165, 1.54) is 10.8 Å². The maximum atomic E-state index is 10.4. The fourth-order valence-electron chi connectivity index (χ4n) is 8.68. The van der Waals surface area contributed by atoms with Crippen LogP contribution in [0.15, 0.2) is 164 Å². The Hall–Kier alpha value is -7.60. The zero-order valence-electron chi connectivity index (χ0n) is 28.3. The van der Waals surface area contributed by atoms with Gasteiger partial charge in [-0.15, -0.1) is 0 Å². The monoisotopic (exact) mass is 673 g/mol. The molecule has 0 bridgehead atoms. The number of benzene rings is 8. The topological polar surface area (TPSA) is 62.4 Å². The molecule has 5 nitrogen and oxygen atoms in total. The van der Waals surface area contributed by atoms with Crippen molar-refractivity contribution in [2.45, 2.75) is 0 Å². The van der Waals surface area contributed by atoms with E-state index < -0.39 is 0 Å². The van der Waals surface area contributed by atoms with Crippen molar-refractivity contribution in [2.75, 3.05) is 0 Å². The number of hydrogen-bond donors (Lipinski definition) is 0. The Morgan fingerprint density at radius 1 is 0.340 bits per heavy atom. The number of nitrogens with zero attached hydrogens (tertiary/aromatic N) is 5. The van der Waals surface area contributed by atoms with Crippen LogP contribution in [0.2, 0.25) is 0 Å². The van der Waals surface area contributed by atoms with Crippen LogP contribution >= 0.6 is 0 Å². The van der Waals surface area contributed by atoms with E-state index in [4.69, 9.17) is 0 Å². The summed E-state index contributed by atoms with van der Waals surface area (Å²) in [7, 11) is 0. The molecule has 0 amide bonds. The number of nitriles is 2. The van der Waals surface area contributed by atoms with Crippen molar-refractivity contribution >= 4 is 76.2 Å². The smallest absolute Gasteiger partial charge is 0.101 e. The molecule has 11 rings (SSSR count). The minimum atomic E-state index is 0.338. The van der Waals surface area contributed by atoms with Crippen LogP contribution in [-0.2, 0) is 0 Å². The summed E-state index contributed by atoms with van der Waals surface area (Å²) in [6, 6.07) is 62.0. The maximum Gasteiger partial charge on any atom is 0.101 e. The highest BCUT2D eigenvalue weighted by Crippen LogP contribution is 2.42. The summed E-state index contributed by atoms with van der Waals surface area (Å²) in [6.45, 7) is 0. The zero-order chi connectivity index (χ0) is 35.2. The molecule has 8 aromatic carbocycles. The lowest BCUT2D eigenvalue weighted by atomic mass is 10.0. The van der Waals surface area contributed by atoms with Gasteiger partial charge in [-0.05, 0) is 71.4 Å². The molecule has 0 fully saturated rings. The summed E-state index contributed by atoms with van der Waals surface area (Å²) < 4.78 is 6.89. The standard InChI is InChI=1S/C48H27N5/c49-28-31-25-46(52-42-19-9-5-15-37(42)38-16-6-10-20-43(38)52)47(26-32(31)29-50)53-44-24-22-33(27-39(44)48-34-12-2-1-11-30(34)21-23-45(48)53)51-40-17-7-3-13-35(40)36-14-4-8-18-41(36)51/h1-27H. The minimum Gasteiger partial charge on any atom is -0.309 e. The number of fused-ring (bicyclic) bond motifs is 11. The van der Waals surface area contributed by atoms with E-state index in [-0.39, 0.29) is 0 Å². The highest BCUT2D eigenvalue weighted by Gasteiger charge is 2.23. The highest BCUT2D eigenvalue weighted by molar-refractivity contribution is 6.22. The van der Waals surface area contributed by atoms with Gasteiger partial charge in [0.1, 0.15) is 12.1 Å². The summed E-state index contributed by atoms with van der Waals surface area (Å²) in [5.41, 5.74) is 9.81. The van der Waals surface area contributed by atoms with E-state index in [2.05, 4.69) is 177 Å². The van der Waals surface area contributed by atoms with Crippen LogP contribution in [0.3, 0.4) is 0 Å². The van der Waals surface area contributed by atoms with Crippen LogP contribution in [0.5, 0.6) is 0 Å².